The zero-order chi connectivity index (χ0) is 15.7. The molecular weight excluding hydrogens is 328 g/mol. The average Bonchev–Trinajstić information content (AvgIpc) is 2.94. The van der Waals surface area contributed by atoms with E-state index < -0.39 is 10.0 Å². The first-order valence-corrected chi connectivity index (χ1v) is 8.60. The Morgan fingerprint density at radius 3 is 2.41 bits per heavy atom. The lowest BCUT2D eigenvalue weighted by Gasteiger charge is -2.32. The van der Waals surface area contributed by atoms with Crippen molar-refractivity contribution < 1.29 is 12.8 Å². The third-order valence-corrected chi connectivity index (χ3v) is 5.88. The van der Waals surface area contributed by atoms with E-state index in [2.05, 4.69) is 10.2 Å². The Labute approximate surface area is 133 Å². The summed E-state index contributed by atoms with van der Waals surface area (Å²) in [6, 6.07) is 6.89. The molecule has 7 nitrogen and oxygen atoms in total. The highest BCUT2D eigenvalue weighted by atomic mass is 35.5. The van der Waals surface area contributed by atoms with Gasteiger partial charge in [-0.2, -0.15) is 4.31 Å². The van der Waals surface area contributed by atoms with Gasteiger partial charge in [-0.25, -0.2) is 8.42 Å². The van der Waals surface area contributed by atoms with Gasteiger partial charge in [-0.3, -0.25) is 0 Å². The van der Waals surface area contributed by atoms with Crippen LogP contribution in [0.25, 0.3) is 0 Å². The normalized spacial score (nSPS) is 16.9. The molecule has 2 aromatic rings. The van der Waals surface area contributed by atoms with Crippen molar-refractivity contribution in [3.05, 3.63) is 35.2 Å². The predicted octanol–water partition coefficient (Wildman–Crippen LogP) is 1.54. The molecule has 1 aromatic heterocycles. The number of rotatable bonds is 3. The van der Waals surface area contributed by atoms with E-state index in [9.17, 15) is 8.42 Å². The lowest BCUT2D eigenvalue weighted by Crippen LogP contribution is -2.48. The molecule has 1 fully saturated rings. The Morgan fingerprint density at radius 2 is 1.82 bits per heavy atom. The lowest BCUT2D eigenvalue weighted by molar-refractivity contribution is 0.370. The van der Waals surface area contributed by atoms with Crippen LogP contribution in [0.2, 0.25) is 5.02 Å². The second-order valence-corrected chi connectivity index (χ2v) is 7.24. The van der Waals surface area contributed by atoms with Crippen LogP contribution in [0.4, 0.5) is 6.01 Å². The van der Waals surface area contributed by atoms with Crippen molar-refractivity contribution in [2.75, 3.05) is 31.1 Å². The second-order valence-electron chi connectivity index (χ2n) is 4.93. The number of hydrogen-bond donors (Lipinski definition) is 0. The number of sulfonamides is 1. The number of hydrogen-bond acceptors (Lipinski definition) is 6. The summed E-state index contributed by atoms with van der Waals surface area (Å²) in [4.78, 5) is 2.01. The van der Waals surface area contributed by atoms with Crippen molar-refractivity contribution in [2.24, 2.45) is 0 Å². The van der Waals surface area contributed by atoms with Crippen LogP contribution >= 0.6 is 11.6 Å². The van der Waals surface area contributed by atoms with Crippen molar-refractivity contribution in [3.8, 4) is 0 Å². The molecule has 2 heterocycles. The molecule has 0 amide bonds. The molecule has 0 saturated carbocycles. The molecule has 0 bridgehead atoms. The lowest BCUT2D eigenvalue weighted by atomic mass is 10.4. The fourth-order valence-corrected chi connectivity index (χ4v) is 4.24. The maximum absolute atomic E-state index is 12.6. The van der Waals surface area contributed by atoms with Crippen molar-refractivity contribution in [1.82, 2.24) is 14.5 Å². The summed E-state index contributed by atoms with van der Waals surface area (Å²) in [6.07, 6.45) is 0. The van der Waals surface area contributed by atoms with Crippen LogP contribution in [-0.2, 0) is 10.0 Å². The van der Waals surface area contributed by atoms with E-state index in [1.165, 1.54) is 10.4 Å². The molecule has 1 saturated heterocycles. The highest BCUT2D eigenvalue weighted by molar-refractivity contribution is 7.89. The van der Waals surface area contributed by atoms with Gasteiger partial charge in [0.2, 0.25) is 15.9 Å². The minimum absolute atomic E-state index is 0.138. The predicted molar refractivity (Wildman–Crippen MR) is 81.5 cm³/mol. The van der Waals surface area contributed by atoms with Crippen molar-refractivity contribution in [1.29, 1.82) is 0 Å². The number of anilines is 1. The molecule has 0 radical (unpaired) electrons. The SMILES string of the molecule is Cc1nnc(N2CCN(S(=O)(=O)c3ccccc3Cl)CC2)o1. The van der Waals surface area contributed by atoms with Crippen LogP contribution in [0.5, 0.6) is 0 Å². The van der Waals surface area contributed by atoms with E-state index in [0.29, 0.717) is 38.1 Å². The van der Waals surface area contributed by atoms with Gasteiger partial charge in [0, 0.05) is 33.1 Å². The summed E-state index contributed by atoms with van der Waals surface area (Å²) in [7, 11) is -3.59. The van der Waals surface area contributed by atoms with Crippen LogP contribution in [0, 0.1) is 6.92 Å². The summed E-state index contributed by atoms with van der Waals surface area (Å²) < 4.78 is 32.0. The summed E-state index contributed by atoms with van der Waals surface area (Å²) in [5, 5.41) is 7.96. The van der Waals surface area contributed by atoms with Crippen LogP contribution in [-0.4, -0.2) is 49.1 Å². The Kier molecular flexibility index (Phi) is 4.07. The second kappa shape index (κ2) is 5.86. The van der Waals surface area contributed by atoms with E-state index in [1.54, 1.807) is 25.1 Å². The monoisotopic (exact) mass is 342 g/mol. The minimum Gasteiger partial charge on any atom is -0.408 e. The minimum atomic E-state index is -3.59. The van der Waals surface area contributed by atoms with E-state index in [1.807, 2.05) is 4.90 Å². The average molecular weight is 343 g/mol. The van der Waals surface area contributed by atoms with Crippen LogP contribution in [0.1, 0.15) is 5.89 Å². The number of aromatic nitrogens is 2. The van der Waals surface area contributed by atoms with E-state index >= 15 is 0 Å². The van der Waals surface area contributed by atoms with Crippen molar-refractivity contribution >= 4 is 27.6 Å². The summed E-state index contributed by atoms with van der Waals surface area (Å²) in [5.41, 5.74) is 0. The zero-order valence-electron chi connectivity index (χ0n) is 11.9. The van der Waals surface area contributed by atoms with Crippen LogP contribution in [0.3, 0.4) is 0 Å². The number of halogens is 1. The number of aryl methyl sites for hydroxylation is 1. The first-order chi connectivity index (χ1) is 10.5. The van der Waals surface area contributed by atoms with Gasteiger partial charge >= 0.3 is 6.01 Å². The summed E-state index contributed by atoms with van der Waals surface area (Å²) in [6.45, 7) is 3.38. The molecular formula is C13H15ClN4O3S. The van der Waals surface area contributed by atoms with Gasteiger partial charge in [-0.05, 0) is 12.1 Å². The molecule has 3 rings (SSSR count). The molecule has 9 heteroatoms. The quantitative estimate of drug-likeness (QED) is 0.841. The molecule has 118 valence electrons. The first kappa shape index (κ1) is 15.3. The number of piperazine rings is 1. The molecule has 0 N–H and O–H groups in total. The van der Waals surface area contributed by atoms with Gasteiger partial charge in [0.1, 0.15) is 4.90 Å². The molecule has 0 aliphatic carbocycles. The molecule has 0 atom stereocenters. The highest BCUT2D eigenvalue weighted by Crippen LogP contribution is 2.25. The summed E-state index contributed by atoms with van der Waals surface area (Å²) >= 11 is 6.01. The molecule has 0 spiro atoms. The topological polar surface area (TPSA) is 79.5 Å². The third kappa shape index (κ3) is 2.81. The third-order valence-electron chi connectivity index (χ3n) is 3.48. The van der Waals surface area contributed by atoms with E-state index in [-0.39, 0.29) is 9.92 Å². The largest absolute Gasteiger partial charge is 0.408 e. The molecule has 1 aromatic carbocycles. The van der Waals surface area contributed by atoms with Crippen LogP contribution < -0.4 is 4.90 Å². The standard InChI is InChI=1S/C13H15ClN4O3S/c1-10-15-16-13(21-10)17-6-8-18(9-7-17)22(19,20)12-5-3-2-4-11(12)14/h2-5H,6-9H2,1H3. The summed E-state index contributed by atoms with van der Waals surface area (Å²) in [5.74, 6) is 0.487. The van der Waals surface area contributed by atoms with Gasteiger partial charge in [0.05, 0.1) is 5.02 Å². The molecule has 0 unspecified atom stereocenters. The fourth-order valence-electron chi connectivity index (χ4n) is 2.33. The maximum atomic E-state index is 12.6. The number of nitrogens with zero attached hydrogens (tertiary/aromatic N) is 4. The maximum Gasteiger partial charge on any atom is 0.318 e. The van der Waals surface area contributed by atoms with Gasteiger partial charge in [0.25, 0.3) is 0 Å². The van der Waals surface area contributed by atoms with Crippen molar-refractivity contribution in [2.45, 2.75) is 11.8 Å². The first-order valence-electron chi connectivity index (χ1n) is 6.78. The van der Waals surface area contributed by atoms with Gasteiger partial charge in [0.15, 0.2) is 0 Å². The Morgan fingerprint density at radius 1 is 1.14 bits per heavy atom. The van der Waals surface area contributed by atoms with Gasteiger partial charge < -0.3 is 9.32 Å². The molecule has 22 heavy (non-hydrogen) atoms. The number of benzene rings is 1. The Balaban J connectivity index is 1.75. The molecule has 1 aliphatic rings. The van der Waals surface area contributed by atoms with E-state index in [4.69, 9.17) is 16.0 Å². The smallest absolute Gasteiger partial charge is 0.318 e. The Bertz CT molecular complexity index is 769. The van der Waals surface area contributed by atoms with Gasteiger partial charge in [-0.1, -0.05) is 28.8 Å². The van der Waals surface area contributed by atoms with Crippen molar-refractivity contribution in [3.63, 3.8) is 0 Å². The van der Waals surface area contributed by atoms with E-state index in [0.717, 1.165) is 0 Å². The zero-order valence-corrected chi connectivity index (χ0v) is 13.5. The Hall–Kier alpha value is -1.64. The van der Waals surface area contributed by atoms with Crippen LogP contribution in [0.15, 0.2) is 33.6 Å². The molecule has 1 aliphatic heterocycles. The fraction of sp³-hybridized carbons (Fsp3) is 0.385. The highest BCUT2D eigenvalue weighted by Gasteiger charge is 2.31. The van der Waals surface area contributed by atoms with Gasteiger partial charge in [-0.15, -0.1) is 5.10 Å².